The van der Waals surface area contributed by atoms with Crippen LogP contribution in [-0.4, -0.2) is 5.11 Å². The molecule has 3 N–H and O–H groups in total. The van der Waals surface area contributed by atoms with Gasteiger partial charge in [0.15, 0.2) is 0 Å². The molecule has 0 bridgehead atoms. The van der Waals surface area contributed by atoms with Gasteiger partial charge in [-0.1, -0.05) is 35.2 Å². The van der Waals surface area contributed by atoms with Gasteiger partial charge in [-0.15, -0.1) is 12.4 Å². The summed E-state index contributed by atoms with van der Waals surface area (Å²) in [6.07, 6.45) is 6.24. The van der Waals surface area contributed by atoms with Crippen LogP contribution in [0.5, 0.6) is 5.75 Å². The normalized spacial score (nSPS) is 18.2. The zero-order chi connectivity index (χ0) is 12.4. The number of rotatable bonds is 2. The van der Waals surface area contributed by atoms with Gasteiger partial charge in [0, 0.05) is 16.1 Å². The van der Waals surface area contributed by atoms with Crippen molar-refractivity contribution in [1.29, 1.82) is 0 Å². The van der Waals surface area contributed by atoms with Gasteiger partial charge < -0.3 is 10.8 Å². The summed E-state index contributed by atoms with van der Waals surface area (Å²) in [5.41, 5.74) is 8.11. The molecule has 0 heterocycles. The Hall–Kier alpha value is -0.250. The fourth-order valence-corrected chi connectivity index (χ4v) is 3.35. The maximum Gasteiger partial charge on any atom is 0.123 e. The highest BCUT2D eigenvalue weighted by molar-refractivity contribution is 9.10. The van der Waals surface area contributed by atoms with Gasteiger partial charge in [0.1, 0.15) is 5.75 Å². The van der Waals surface area contributed by atoms with Crippen molar-refractivity contribution < 1.29 is 5.11 Å². The van der Waals surface area contributed by atoms with E-state index in [2.05, 4.69) is 15.9 Å². The Morgan fingerprint density at radius 3 is 2.50 bits per heavy atom. The predicted octanol–water partition coefficient (Wildman–Crippen LogP) is 4.47. The summed E-state index contributed by atoms with van der Waals surface area (Å²) in [6, 6.07) is 3.85. The fourth-order valence-electron chi connectivity index (χ4n) is 2.76. The molecule has 0 saturated heterocycles. The molecule has 0 aromatic heterocycles. The van der Waals surface area contributed by atoms with Crippen molar-refractivity contribution in [1.82, 2.24) is 0 Å². The Bertz CT molecular complexity index is 405. The Labute approximate surface area is 123 Å². The highest BCUT2D eigenvalue weighted by Gasteiger charge is 2.24. The summed E-state index contributed by atoms with van der Waals surface area (Å²) < 4.78 is 0.994. The van der Waals surface area contributed by atoms with Crippen LogP contribution in [0, 0.1) is 12.8 Å². The van der Waals surface area contributed by atoms with E-state index in [4.69, 9.17) is 5.73 Å². The lowest BCUT2D eigenvalue weighted by Gasteiger charge is -2.28. The molecule has 1 saturated carbocycles. The molecule has 0 amide bonds. The van der Waals surface area contributed by atoms with Crippen LogP contribution in [0.4, 0.5) is 0 Å². The number of aryl methyl sites for hydroxylation is 1. The topological polar surface area (TPSA) is 46.2 Å². The molecular weight excluding hydrogens is 314 g/mol. The van der Waals surface area contributed by atoms with Crippen LogP contribution in [0.2, 0.25) is 0 Å². The van der Waals surface area contributed by atoms with E-state index in [1.807, 2.05) is 19.1 Å². The predicted molar refractivity (Wildman–Crippen MR) is 81.3 cm³/mol. The van der Waals surface area contributed by atoms with E-state index in [0.29, 0.717) is 11.7 Å². The number of aromatic hydroxyl groups is 1. The van der Waals surface area contributed by atoms with Crippen molar-refractivity contribution in [3.63, 3.8) is 0 Å². The maximum atomic E-state index is 10.1. The van der Waals surface area contributed by atoms with E-state index >= 15 is 0 Å². The monoisotopic (exact) mass is 333 g/mol. The van der Waals surface area contributed by atoms with E-state index in [1.54, 1.807) is 0 Å². The van der Waals surface area contributed by atoms with Gasteiger partial charge in [0.05, 0.1) is 0 Å². The zero-order valence-electron chi connectivity index (χ0n) is 10.7. The van der Waals surface area contributed by atoms with Crippen LogP contribution in [0.25, 0.3) is 0 Å². The summed E-state index contributed by atoms with van der Waals surface area (Å²) in [4.78, 5) is 0. The van der Waals surface area contributed by atoms with Gasteiger partial charge in [0.25, 0.3) is 0 Å². The molecule has 1 aliphatic carbocycles. The van der Waals surface area contributed by atoms with Gasteiger partial charge in [-0.2, -0.15) is 0 Å². The van der Waals surface area contributed by atoms with Crippen molar-refractivity contribution >= 4 is 28.3 Å². The van der Waals surface area contributed by atoms with Crippen molar-refractivity contribution in [2.75, 3.05) is 0 Å². The summed E-state index contributed by atoms with van der Waals surface area (Å²) in [5.74, 6) is 0.884. The quantitative estimate of drug-likeness (QED) is 0.838. The van der Waals surface area contributed by atoms with E-state index in [-0.39, 0.29) is 18.4 Å². The summed E-state index contributed by atoms with van der Waals surface area (Å²) >= 11 is 3.47. The molecular formula is C14H21BrClNO. The zero-order valence-corrected chi connectivity index (χ0v) is 13.1. The molecule has 1 aromatic rings. The lowest BCUT2D eigenvalue weighted by molar-refractivity contribution is 0.302. The number of nitrogens with two attached hydrogens (primary N) is 1. The van der Waals surface area contributed by atoms with Gasteiger partial charge in [0.2, 0.25) is 0 Å². The highest BCUT2D eigenvalue weighted by Crippen LogP contribution is 2.38. The van der Waals surface area contributed by atoms with Gasteiger partial charge in [-0.05, 0) is 43.4 Å². The van der Waals surface area contributed by atoms with E-state index in [9.17, 15) is 5.11 Å². The Balaban J connectivity index is 0.00000162. The number of phenols is 1. The van der Waals surface area contributed by atoms with Crippen molar-refractivity contribution in [3.8, 4) is 5.75 Å². The van der Waals surface area contributed by atoms with Crippen LogP contribution >= 0.6 is 28.3 Å². The molecule has 1 aromatic carbocycles. The molecule has 1 atom stereocenters. The van der Waals surface area contributed by atoms with Gasteiger partial charge >= 0.3 is 0 Å². The minimum atomic E-state index is -0.0356. The Morgan fingerprint density at radius 1 is 1.28 bits per heavy atom. The van der Waals surface area contributed by atoms with Crippen LogP contribution in [-0.2, 0) is 0 Å². The lowest BCUT2D eigenvalue weighted by Crippen LogP contribution is -2.23. The average molecular weight is 335 g/mol. The minimum absolute atomic E-state index is 0. The summed E-state index contributed by atoms with van der Waals surface area (Å²) in [6.45, 7) is 1.91. The molecule has 0 aliphatic heterocycles. The maximum absolute atomic E-state index is 10.1. The SMILES string of the molecule is Cc1cc(Br)cc([C@H](N)C2CCCCC2)c1O.Cl. The van der Waals surface area contributed by atoms with Crippen molar-refractivity contribution in [2.45, 2.75) is 45.1 Å². The van der Waals surface area contributed by atoms with E-state index in [0.717, 1.165) is 15.6 Å². The molecule has 0 radical (unpaired) electrons. The van der Waals surface area contributed by atoms with Crippen molar-refractivity contribution in [2.24, 2.45) is 11.7 Å². The van der Waals surface area contributed by atoms with E-state index < -0.39 is 0 Å². The van der Waals surface area contributed by atoms with E-state index in [1.165, 1.54) is 32.1 Å². The molecule has 1 fully saturated rings. The first-order valence-corrected chi connectivity index (χ1v) is 7.13. The molecule has 2 nitrogen and oxygen atoms in total. The average Bonchev–Trinajstić information content (AvgIpc) is 2.34. The third kappa shape index (κ3) is 3.40. The molecule has 102 valence electrons. The van der Waals surface area contributed by atoms with Crippen molar-refractivity contribution in [3.05, 3.63) is 27.7 Å². The Morgan fingerprint density at radius 2 is 1.89 bits per heavy atom. The van der Waals surface area contributed by atoms with Crippen LogP contribution in [0.15, 0.2) is 16.6 Å². The summed E-state index contributed by atoms with van der Waals surface area (Å²) in [5, 5.41) is 10.1. The number of halogens is 2. The molecule has 0 spiro atoms. The third-order valence-electron chi connectivity index (χ3n) is 3.81. The highest BCUT2D eigenvalue weighted by atomic mass is 79.9. The summed E-state index contributed by atoms with van der Waals surface area (Å²) in [7, 11) is 0. The first-order chi connectivity index (χ1) is 8.09. The number of hydrogen-bond acceptors (Lipinski definition) is 2. The Kier molecular flexibility index (Phi) is 5.96. The molecule has 18 heavy (non-hydrogen) atoms. The second-order valence-corrected chi connectivity index (χ2v) is 6.00. The number of hydrogen-bond donors (Lipinski definition) is 2. The standard InChI is InChI=1S/C14H20BrNO.ClH/c1-9-7-11(15)8-12(14(9)17)13(16)10-5-3-2-4-6-10;/h7-8,10,13,17H,2-6,16H2,1H3;1H/t13-;/m1./s1. The largest absolute Gasteiger partial charge is 0.507 e. The molecule has 0 unspecified atom stereocenters. The molecule has 1 aliphatic rings. The lowest BCUT2D eigenvalue weighted by atomic mass is 9.81. The molecule has 2 rings (SSSR count). The van der Waals surface area contributed by atoms with Crippen LogP contribution < -0.4 is 5.73 Å². The second-order valence-electron chi connectivity index (χ2n) is 5.08. The van der Waals surface area contributed by atoms with Crippen LogP contribution in [0.1, 0.15) is 49.3 Å². The first-order valence-electron chi connectivity index (χ1n) is 6.34. The first kappa shape index (κ1) is 15.8. The van der Waals surface area contributed by atoms with Gasteiger partial charge in [-0.25, -0.2) is 0 Å². The van der Waals surface area contributed by atoms with Gasteiger partial charge in [-0.3, -0.25) is 0 Å². The van der Waals surface area contributed by atoms with Crippen LogP contribution in [0.3, 0.4) is 0 Å². The number of benzene rings is 1. The second kappa shape index (κ2) is 6.78. The minimum Gasteiger partial charge on any atom is -0.507 e. The molecule has 4 heteroatoms. The fraction of sp³-hybridized carbons (Fsp3) is 0.571. The smallest absolute Gasteiger partial charge is 0.123 e. The number of phenolic OH excluding ortho intramolecular Hbond substituents is 1. The third-order valence-corrected chi connectivity index (χ3v) is 4.27.